The van der Waals surface area contributed by atoms with Gasteiger partial charge in [-0.2, -0.15) is 19.7 Å². The molecule has 7 heteroatoms. The highest BCUT2D eigenvalue weighted by atomic mass is 79.9. The first-order chi connectivity index (χ1) is 10.2. The van der Waals surface area contributed by atoms with Gasteiger partial charge in [-0.25, -0.2) is 0 Å². The smallest absolute Gasteiger partial charge is 0.254 e. The van der Waals surface area contributed by atoms with Gasteiger partial charge in [0.05, 0.1) is 22.7 Å². The van der Waals surface area contributed by atoms with Crippen LogP contribution in [0.5, 0.6) is 0 Å². The molecule has 0 saturated carbocycles. The van der Waals surface area contributed by atoms with Crippen LogP contribution in [0.2, 0.25) is 5.15 Å². The fourth-order valence-electron chi connectivity index (χ4n) is 1.89. The van der Waals surface area contributed by atoms with Crippen molar-refractivity contribution in [2.75, 3.05) is 11.9 Å². The van der Waals surface area contributed by atoms with Gasteiger partial charge in [0.25, 0.3) is 5.95 Å². The fraction of sp³-hybridized carbons (Fsp3) is 0.0714. The molecule has 1 aromatic carbocycles. The second-order valence-electron chi connectivity index (χ2n) is 4.15. The number of nitrogens with zero attached hydrogens (tertiary/aromatic N) is 4. The summed E-state index contributed by atoms with van der Waals surface area (Å²) in [6.45, 7) is 0.339. The van der Waals surface area contributed by atoms with E-state index in [4.69, 9.17) is 18.0 Å². The molecule has 5 nitrogen and oxygen atoms in total. The number of fused-ring (bicyclic) bond motifs is 1. The normalized spacial score (nSPS) is 10.5. The quantitative estimate of drug-likeness (QED) is 0.574. The third-order valence-corrected chi connectivity index (χ3v) is 4.08. The molecule has 3 rings (SSSR count). The lowest BCUT2D eigenvalue weighted by molar-refractivity contribution is 0.832. The van der Waals surface area contributed by atoms with Crippen LogP contribution in [0.3, 0.4) is 0 Å². The van der Waals surface area contributed by atoms with Gasteiger partial charge in [0.1, 0.15) is 5.82 Å². The molecule has 1 N–H and O–H groups in total. The van der Waals surface area contributed by atoms with Crippen LogP contribution in [-0.2, 0) is 0 Å². The lowest BCUT2D eigenvalue weighted by atomic mass is 10.3. The number of para-hydroxylation sites is 1. The summed E-state index contributed by atoms with van der Waals surface area (Å²) in [5.41, 5.74) is 0.902. The van der Waals surface area contributed by atoms with Gasteiger partial charge in [-0.15, -0.1) is 6.42 Å². The minimum Gasteiger partial charge on any atom is -0.358 e. The van der Waals surface area contributed by atoms with Crippen molar-refractivity contribution in [3.8, 4) is 18.3 Å². The molecule has 3 aromatic rings. The molecule has 0 bridgehead atoms. The van der Waals surface area contributed by atoms with Crippen LogP contribution >= 0.6 is 27.5 Å². The number of benzene rings is 1. The summed E-state index contributed by atoms with van der Waals surface area (Å²) in [6, 6.07) is 7.79. The molecular formula is C14H9BrClN5. The zero-order valence-electron chi connectivity index (χ0n) is 10.7. The number of aromatic nitrogens is 4. The Balaban J connectivity index is 2.14. The number of anilines is 1. The lowest BCUT2D eigenvalue weighted by Gasteiger charge is -2.09. The first kappa shape index (κ1) is 13.9. The summed E-state index contributed by atoms with van der Waals surface area (Å²) in [4.78, 5) is 8.66. The van der Waals surface area contributed by atoms with Crippen molar-refractivity contribution in [1.29, 1.82) is 0 Å². The number of terminal acetylenes is 1. The van der Waals surface area contributed by atoms with Crippen LogP contribution in [0.25, 0.3) is 16.9 Å². The summed E-state index contributed by atoms with van der Waals surface area (Å²) >= 11 is 9.48. The average Bonchev–Trinajstić information content (AvgIpc) is 2.92. The highest BCUT2D eigenvalue weighted by molar-refractivity contribution is 9.10. The van der Waals surface area contributed by atoms with Gasteiger partial charge in [-0.3, -0.25) is 0 Å². The first-order valence-corrected chi connectivity index (χ1v) is 7.21. The Hall–Kier alpha value is -2.10. The molecule has 0 aliphatic carbocycles. The van der Waals surface area contributed by atoms with Gasteiger partial charge in [0.15, 0.2) is 5.15 Å². The second kappa shape index (κ2) is 5.72. The zero-order valence-corrected chi connectivity index (χ0v) is 13.1. The van der Waals surface area contributed by atoms with Crippen LogP contribution in [-0.4, -0.2) is 26.3 Å². The Labute approximate surface area is 134 Å². The number of nitrogens with one attached hydrogen (secondary N) is 1. The van der Waals surface area contributed by atoms with Crippen LogP contribution in [0.1, 0.15) is 0 Å². The van der Waals surface area contributed by atoms with E-state index in [0.717, 1.165) is 10.9 Å². The van der Waals surface area contributed by atoms with Gasteiger partial charge in [0.2, 0.25) is 0 Å². The van der Waals surface area contributed by atoms with Crippen molar-refractivity contribution in [2.24, 2.45) is 0 Å². The molecule has 0 atom stereocenters. The molecule has 0 unspecified atom stereocenters. The second-order valence-corrected chi connectivity index (χ2v) is 5.30. The Morgan fingerprint density at radius 3 is 2.95 bits per heavy atom. The Morgan fingerprint density at radius 2 is 2.14 bits per heavy atom. The highest BCUT2D eigenvalue weighted by Crippen LogP contribution is 2.28. The zero-order chi connectivity index (χ0) is 14.8. The van der Waals surface area contributed by atoms with Gasteiger partial charge < -0.3 is 5.32 Å². The number of hydrogen-bond acceptors (Lipinski definition) is 4. The van der Waals surface area contributed by atoms with Crippen molar-refractivity contribution in [1.82, 2.24) is 19.7 Å². The van der Waals surface area contributed by atoms with Crippen LogP contribution < -0.4 is 5.32 Å². The third-order valence-electron chi connectivity index (χ3n) is 2.82. The lowest BCUT2D eigenvalue weighted by Crippen LogP contribution is -2.08. The maximum atomic E-state index is 6.14. The van der Waals surface area contributed by atoms with Crippen molar-refractivity contribution >= 4 is 44.3 Å². The van der Waals surface area contributed by atoms with E-state index in [-0.39, 0.29) is 0 Å². The average molecular weight is 363 g/mol. The predicted molar refractivity (Wildman–Crippen MR) is 86.7 cm³/mol. The van der Waals surface area contributed by atoms with Crippen molar-refractivity contribution < 1.29 is 0 Å². The topological polar surface area (TPSA) is 55.6 Å². The molecule has 0 saturated heterocycles. The van der Waals surface area contributed by atoms with E-state index in [1.54, 1.807) is 10.9 Å². The highest BCUT2D eigenvalue weighted by Gasteiger charge is 2.13. The van der Waals surface area contributed by atoms with Crippen molar-refractivity contribution in [3.05, 3.63) is 40.1 Å². The molecule has 0 aliphatic heterocycles. The predicted octanol–water partition coefficient (Wildman–Crippen LogP) is 3.28. The molecular weight excluding hydrogens is 354 g/mol. The molecule has 104 valence electrons. The van der Waals surface area contributed by atoms with Crippen LogP contribution in [0, 0.1) is 12.3 Å². The monoisotopic (exact) mass is 361 g/mol. The van der Waals surface area contributed by atoms with E-state index < -0.39 is 0 Å². The summed E-state index contributed by atoms with van der Waals surface area (Å²) < 4.78 is 2.20. The van der Waals surface area contributed by atoms with E-state index in [9.17, 15) is 0 Å². The first-order valence-electron chi connectivity index (χ1n) is 6.04. The van der Waals surface area contributed by atoms with E-state index in [0.29, 0.717) is 27.9 Å². The van der Waals surface area contributed by atoms with Gasteiger partial charge >= 0.3 is 0 Å². The largest absolute Gasteiger partial charge is 0.358 e. The number of halogens is 2. The summed E-state index contributed by atoms with van der Waals surface area (Å²) in [7, 11) is 0. The molecule has 0 amide bonds. The summed E-state index contributed by atoms with van der Waals surface area (Å²) in [5.74, 6) is 3.40. The van der Waals surface area contributed by atoms with Gasteiger partial charge in [0, 0.05) is 5.39 Å². The summed E-state index contributed by atoms with van der Waals surface area (Å²) in [5, 5.41) is 8.59. The molecule has 0 radical (unpaired) electrons. The van der Waals surface area contributed by atoms with Crippen molar-refractivity contribution in [2.45, 2.75) is 0 Å². The fourth-order valence-corrected chi connectivity index (χ4v) is 2.37. The van der Waals surface area contributed by atoms with Crippen molar-refractivity contribution in [3.63, 3.8) is 0 Å². The molecule has 0 aliphatic rings. The molecule has 2 heterocycles. The number of hydrogen-bond donors (Lipinski definition) is 1. The molecule has 2 aromatic heterocycles. The number of rotatable bonds is 3. The van der Waals surface area contributed by atoms with Gasteiger partial charge in [-0.05, 0) is 22.0 Å². The SMILES string of the molecule is C#CCNc1nc(-n2ncc3ccccc32)nc(Cl)c1Br. The third kappa shape index (κ3) is 2.58. The van der Waals surface area contributed by atoms with Crippen LogP contribution in [0.4, 0.5) is 5.82 Å². The minimum absolute atomic E-state index is 0.291. The van der Waals surface area contributed by atoms with Gasteiger partial charge in [-0.1, -0.05) is 35.7 Å². The molecule has 0 fully saturated rings. The molecule has 0 spiro atoms. The minimum atomic E-state index is 0.291. The van der Waals surface area contributed by atoms with E-state index in [1.807, 2.05) is 24.3 Å². The van der Waals surface area contributed by atoms with E-state index in [1.165, 1.54) is 0 Å². The summed E-state index contributed by atoms with van der Waals surface area (Å²) in [6.07, 6.45) is 7.00. The maximum absolute atomic E-state index is 6.14. The van der Waals surface area contributed by atoms with E-state index >= 15 is 0 Å². The Bertz CT molecular complexity index is 852. The standard InChI is InChI=1S/C14H9BrClN5/c1-2-7-17-13-11(15)12(16)19-14(20-13)21-10-6-4-3-5-9(10)8-18-21/h1,3-6,8H,7H2,(H,17,19,20). The Kier molecular flexibility index (Phi) is 3.78. The van der Waals surface area contributed by atoms with Crippen LogP contribution in [0.15, 0.2) is 34.9 Å². The maximum Gasteiger partial charge on any atom is 0.254 e. The molecule has 21 heavy (non-hydrogen) atoms. The van der Waals surface area contributed by atoms with E-state index in [2.05, 4.69) is 42.2 Å². The Morgan fingerprint density at radius 1 is 1.33 bits per heavy atom.